The molecule has 0 spiro atoms. The molecule has 20 heavy (non-hydrogen) atoms. The molecule has 4 nitrogen and oxygen atoms in total. The zero-order chi connectivity index (χ0) is 14.5. The molecule has 1 amide bonds. The fourth-order valence-electron chi connectivity index (χ4n) is 2.43. The smallest absolute Gasteiger partial charge is 0.328 e. The van der Waals surface area contributed by atoms with Crippen LogP contribution in [-0.2, 0) is 20.7 Å². The minimum atomic E-state index is -0.405. The van der Waals surface area contributed by atoms with Crippen LogP contribution in [-0.4, -0.2) is 36.0 Å². The second kappa shape index (κ2) is 6.88. The largest absolute Gasteiger partial charge is 0.464 e. The summed E-state index contributed by atoms with van der Waals surface area (Å²) in [6, 6.07) is 7.25. The molecule has 0 aromatic heterocycles. The van der Waals surface area contributed by atoms with Gasteiger partial charge in [0.25, 0.3) is 0 Å². The van der Waals surface area contributed by atoms with E-state index in [0.717, 1.165) is 16.5 Å². The van der Waals surface area contributed by atoms with Gasteiger partial charge in [-0.2, -0.15) is 0 Å². The summed E-state index contributed by atoms with van der Waals surface area (Å²) in [5.74, 6) is -0.294. The Bertz CT molecular complexity index is 486. The molecular weight excluding hydrogens is 322 g/mol. The van der Waals surface area contributed by atoms with Gasteiger partial charge in [0.05, 0.1) is 13.0 Å². The molecule has 1 aromatic rings. The molecule has 0 aliphatic carbocycles. The Labute approximate surface area is 127 Å². The third-order valence-electron chi connectivity index (χ3n) is 3.40. The molecule has 5 heteroatoms. The van der Waals surface area contributed by atoms with Gasteiger partial charge < -0.3 is 9.64 Å². The number of likely N-dealkylation sites (tertiary alicyclic amines) is 1. The lowest BCUT2D eigenvalue weighted by atomic mass is 10.1. The van der Waals surface area contributed by atoms with Crippen LogP contribution in [0.3, 0.4) is 0 Å². The number of benzene rings is 1. The molecule has 2 rings (SSSR count). The van der Waals surface area contributed by atoms with Crippen LogP contribution in [0.2, 0.25) is 0 Å². The third kappa shape index (κ3) is 3.60. The Morgan fingerprint density at radius 3 is 2.70 bits per heavy atom. The molecule has 1 aromatic carbocycles. The first kappa shape index (κ1) is 15.0. The van der Waals surface area contributed by atoms with E-state index >= 15 is 0 Å². The fourth-order valence-corrected chi connectivity index (χ4v) is 2.69. The number of hydrogen-bond acceptors (Lipinski definition) is 3. The van der Waals surface area contributed by atoms with E-state index in [1.807, 2.05) is 24.3 Å². The molecule has 0 N–H and O–H groups in total. The van der Waals surface area contributed by atoms with Gasteiger partial charge in [-0.1, -0.05) is 28.1 Å². The summed E-state index contributed by atoms with van der Waals surface area (Å²) in [7, 11) is 0. The minimum Gasteiger partial charge on any atom is -0.464 e. The van der Waals surface area contributed by atoms with Gasteiger partial charge in [-0.05, 0) is 37.5 Å². The summed E-state index contributed by atoms with van der Waals surface area (Å²) in [5, 5.41) is 0. The normalized spacial score (nSPS) is 18.1. The summed E-state index contributed by atoms with van der Waals surface area (Å²) in [6.45, 7) is 2.77. The summed E-state index contributed by atoms with van der Waals surface area (Å²) in [5.41, 5.74) is 0.952. The van der Waals surface area contributed by atoms with Crippen molar-refractivity contribution in [3.8, 4) is 0 Å². The SMILES string of the molecule is CCOC(=O)C1CCCN1C(=O)Cc1ccc(Br)cc1. The van der Waals surface area contributed by atoms with Crippen LogP contribution < -0.4 is 0 Å². The molecule has 1 fully saturated rings. The van der Waals surface area contributed by atoms with Gasteiger partial charge in [-0.25, -0.2) is 4.79 Å². The maximum Gasteiger partial charge on any atom is 0.328 e. The molecule has 1 unspecified atom stereocenters. The van der Waals surface area contributed by atoms with Gasteiger partial charge >= 0.3 is 5.97 Å². The zero-order valence-corrected chi connectivity index (χ0v) is 13.1. The predicted octanol–water partition coefficient (Wildman–Crippen LogP) is 2.55. The average molecular weight is 340 g/mol. The van der Waals surface area contributed by atoms with Crippen LogP contribution in [0.5, 0.6) is 0 Å². The van der Waals surface area contributed by atoms with E-state index in [2.05, 4.69) is 15.9 Å². The Hall–Kier alpha value is -1.36. The number of esters is 1. The monoisotopic (exact) mass is 339 g/mol. The Balaban J connectivity index is 2.00. The van der Waals surface area contributed by atoms with Crippen LogP contribution in [0.25, 0.3) is 0 Å². The number of carbonyl (C=O) groups excluding carboxylic acids is 2. The summed E-state index contributed by atoms with van der Waals surface area (Å²) in [4.78, 5) is 25.8. The van der Waals surface area contributed by atoms with Gasteiger partial charge in [0.2, 0.25) is 5.91 Å². The molecule has 0 radical (unpaired) electrons. The lowest BCUT2D eigenvalue weighted by Crippen LogP contribution is -2.42. The fraction of sp³-hybridized carbons (Fsp3) is 0.467. The van der Waals surface area contributed by atoms with Gasteiger partial charge in [0, 0.05) is 11.0 Å². The Morgan fingerprint density at radius 1 is 1.35 bits per heavy atom. The number of carbonyl (C=O) groups is 2. The van der Waals surface area contributed by atoms with Crippen molar-refractivity contribution in [3.63, 3.8) is 0 Å². The van der Waals surface area contributed by atoms with Crippen molar-refractivity contribution in [2.45, 2.75) is 32.2 Å². The first-order valence-electron chi connectivity index (χ1n) is 6.82. The molecule has 1 heterocycles. The highest BCUT2D eigenvalue weighted by Crippen LogP contribution is 2.20. The molecule has 0 bridgehead atoms. The Kier molecular flexibility index (Phi) is 5.17. The van der Waals surface area contributed by atoms with Crippen LogP contribution >= 0.6 is 15.9 Å². The van der Waals surface area contributed by atoms with Gasteiger partial charge in [0.15, 0.2) is 0 Å². The van der Waals surface area contributed by atoms with E-state index < -0.39 is 6.04 Å². The number of amides is 1. The number of hydrogen-bond donors (Lipinski definition) is 0. The number of nitrogens with zero attached hydrogens (tertiary/aromatic N) is 1. The second-order valence-electron chi connectivity index (χ2n) is 4.80. The van der Waals surface area contributed by atoms with Gasteiger partial charge in [-0.15, -0.1) is 0 Å². The standard InChI is InChI=1S/C15H18BrNO3/c1-2-20-15(19)13-4-3-9-17(13)14(18)10-11-5-7-12(16)8-6-11/h5-8,13H,2-4,9-10H2,1H3. The molecule has 1 saturated heterocycles. The van der Waals surface area contributed by atoms with E-state index in [1.165, 1.54) is 0 Å². The minimum absolute atomic E-state index is 0.0112. The lowest BCUT2D eigenvalue weighted by Gasteiger charge is -2.23. The first-order chi connectivity index (χ1) is 9.61. The average Bonchev–Trinajstić information content (AvgIpc) is 2.91. The van der Waals surface area contributed by atoms with E-state index in [9.17, 15) is 9.59 Å². The van der Waals surface area contributed by atoms with Crippen molar-refractivity contribution < 1.29 is 14.3 Å². The highest BCUT2D eigenvalue weighted by atomic mass is 79.9. The van der Waals surface area contributed by atoms with E-state index in [-0.39, 0.29) is 11.9 Å². The van der Waals surface area contributed by atoms with Crippen molar-refractivity contribution in [2.75, 3.05) is 13.2 Å². The highest BCUT2D eigenvalue weighted by Gasteiger charge is 2.34. The van der Waals surface area contributed by atoms with Crippen LogP contribution in [0, 0.1) is 0 Å². The van der Waals surface area contributed by atoms with E-state index in [0.29, 0.717) is 26.0 Å². The second-order valence-corrected chi connectivity index (χ2v) is 5.72. The number of rotatable bonds is 4. The molecule has 1 aliphatic heterocycles. The van der Waals surface area contributed by atoms with E-state index in [1.54, 1.807) is 11.8 Å². The molecule has 0 saturated carbocycles. The number of halogens is 1. The third-order valence-corrected chi connectivity index (χ3v) is 3.93. The summed E-state index contributed by atoms with van der Waals surface area (Å²) < 4.78 is 6.02. The molecule has 1 aliphatic rings. The van der Waals surface area contributed by atoms with Crippen molar-refractivity contribution in [3.05, 3.63) is 34.3 Å². The topological polar surface area (TPSA) is 46.6 Å². The summed E-state index contributed by atoms with van der Waals surface area (Å²) >= 11 is 3.37. The maximum absolute atomic E-state index is 12.3. The molecule has 108 valence electrons. The Morgan fingerprint density at radius 2 is 2.05 bits per heavy atom. The zero-order valence-electron chi connectivity index (χ0n) is 11.5. The summed E-state index contributed by atoms with van der Waals surface area (Å²) in [6.07, 6.45) is 1.88. The molecule has 1 atom stereocenters. The van der Waals surface area contributed by atoms with Gasteiger partial charge in [0.1, 0.15) is 6.04 Å². The highest BCUT2D eigenvalue weighted by molar-refractivity contribution is 9.10. The molecular formula is C15H18BrNO3. The first-order valence-corrected chi connectivity index (χ1v) is 7.61. The quantitative estimate of drug-likeness (QED) is 0.792. The van der Waals surface area contributed by atoms with Crippen molar-refractivity contribution in [2.24, 2.45) is 0 Å². The number of ether oxygens (including phenoxy) is 1. The van der Waals surface area contributed by atoms with Crippen molar-refractivity contribution in [1.29, 1.82) is 0 Å². The van der Waals surface area contributed by atoms with Crippen molar-refractivity contribution in [1.82, 2.24) is 4.90 Å². The maximum atomic E-state index is 12.3. The predicted molar refractivity (Wildman–Crippen MR) is 79.2 cm³/mol. The van der Waals surface area contributed by atoms with Gasteiger partial charge in [-0.3, -0.25) is 4.79 Å². The van der Waals surface area contributed by atoms with Crippen molar-refractivity contribution >= 4 is 27.8 Å². The lowest BCUT2D eigenvalue weighted by molar-refractivity contribution is -0.152. The van der Waals surface area contributed by atoms with Crippen LogP contribution in [0.4, 0.5) is 0 Å². The van der Waals surface area contributed by atoms with Crippen LogP contribution in [0.15, 0.2) is 28.7 Å². The van der Waals surface area contributed by atoms with Crippen LogP contribution in [0.1, 0.15) is 25.3 Å². The van der Waals surface area contributed by atoms with E-state index in [4.69, 9.17) is 4.74 Å².